The fourth-order valence-electron chi connectivity index (χ4n) is 2.90. The Balaban J connectivity index is 1.90. The minimum Gasteiger partial charge on any atom is -0.478 e. The minimum absolute atomic E-state index is 0.0161. The Morgan fingerprint density at radius 2 is 1.79 bits per heavy atom. The second kappa shape index (κ2) is 6.95. The predicted octanol–water partition coefficient (Wildman–Crippen LogP) is 4.93. The Labute approximate surface area is 153 Å². The number of halogens is 2. The highest BCUT2D eigenvalue weighted by Gasteiger charge is 2.17. The van der Waals surface area contributed by atoms with E-state index in [1.807, 2.05) is 12.1 Å². The second-order valence-corrected chi connectivity index (χ2v) is 7.02. The molecule has 0 aliphatic heterocycles. The highest BCUT2D eigenvalue weighted by molar-refractivity contribution is 9.10. The average Bonchev–Trinajstić information content (AvgIpc) is 2.57. The molecule has 0 saturated heterocycles. The van der Waals surface area contributed by atoms with Gasteiger partial charge in [0.2, 0.25) is 0 Å². The maximum atomic E-state index is 12.5. The van der Waals surface area contributed by atoms with Gasteiger partial charge in [-0.05, 0) is 77.0 Å². The van der Waals surface area contributed by atoms with Gasteiger partial charge in [0.25, 0.3) is 5.91 Å². The van der Waals surface area contributed by atoms with Crippen LogP contribution in [0.5, 0.6) is 0 Å². The molecule has 0 bridgehead atoms. The van der Waals surface area contributed by atoms with Gasteiger partial charge in [0, 0.05) is 10.0 Å². The number of aryl methyl sites for hydroxylation is 2. The SMILES string of the molecule is O=C(Nc1cc(Cl)c(Br)cc1C(=O)O)c1ccc2c(c1)CCCC2. The van der Waals surface area contributed by atoms with Crippen LogP contribution < -0.4 is 5.32 Å². The van der Waals surface area contributed by atoms with Crippen molar-refractivity contribution in [2.45, 2.75) is 25.7 Å². The van der Waals surface area contributed by atoms with Gasteiger partial charge >= 0.3 is 5.97 Å². The lowest BCUT2D eigenvalue weighted by atomic mass is 9.90. The third-order valence-electron chi connectivity index (χ3n) is 4.15. The van der Waals surface area contributed by atoms with Crippen molar-refractivity contribution in [1.29, 1.82) is 0 Å². The van der Waals surface area contributed by atoms with E-state index < -0.39 is 5.97 Å². The third kappa shape index (κ3) is 3.47. The van der Waals surface area contributed by atoms with Gasteiger partial charge in [0.1, 0.15) is 0 Å². The van der Waals surface area contributed by atoms with Crippen molar-refractivity contribution in [2.75, 3.05) is 5.32 Å². The number of anilines is 1. The number of aromatic carboxylic acids is 1. The van der Waals surface area contributed by atoms with Crippen LogP contribution in [0.2, 0.25) is 5.02 Å². The molecule has 6 heteroatoms. The summed E-state index contributed by atoms with van der Waals surface area (Å²) in [5, 5.41) is 12.3. The fraction of sp³-hybridized carbons (Fsp3) is 0.222. The summed E-state index contributed by atoms with van der Waals surface area (Å²) in [7, 11) is 0. The Hall–Kier alpha value is -1.85. The summed E-state index contributed by atoms with van der Waals surface area (Å²) in [6, 6.07) is 8.47. The summed E-state index contributed by atoms with van der Waals surface area (Å²) in [5.74, 6) is -1.47. The van der Waals surface area contributed by atoms with Gasteiger partial charge in [0.15, 0.2) is 0 Å². The summed E-state index contributed by atoms with van der Waals surface area (Å²) >= 11 is 9.22. The summed E-state index contributed by atoms with van der Waals surface area (Å²) in [6.07, 6.45) is 4.32. The molecule has 0 saturated carbocycles. The summed E-state index contributed by atoms with van der Waals surface area (Å²) in [6.45, 7) is 0. The lowest BCUT2D eigenvalue weighted by Gasteiger charge is -2.17. The van der Waals surface area contributed by atoms with Gasteiger partial charge in [-0.1, -0.05) is 17.7 Å². The van der Waals surface area contributed by atoms with Crippen LogP contribution in [0.15, 0.2) is 34.8 Å². The molecule has 0 spiro atoms. The van der Waals surface area contributed by atoms with Crippen LogP contribution in [0.3, 0.4) is 0 Å². The Morgan fingerprint density at radius 1 is 1.08 bits per heavy atom. The number of hydrogen-bond acceptors (Lipinski definition) is 2. The van der Waals surface area contributed by atoms with E-state index in [-0.39, 0.29) is 17.2 Å². The first-order chi connectivity index (χ1) is 11.5. The van der Waals surface area contributed by atoms with Gasteiger partial charge in [-0.15, -0.1) is 0 Å². The van der Waals surface area contributed by atoms with E-state index in [4.69, 9.17) is 11.6 Å². The predicted molar refractivity (Wildman–Crippen MR) is 97.1 cm³/mol. The van der Waals surface area contributed by atoms with Crippen LogP contribution in [0.1, 0.15) is 44.7 Å². The van der Waals surface area contributed by atoms with E-state index in [0.29, 0.717) is 15.1 Å². The van der Waals surface area contributed by atoms with E-state index in [1.54, 1.807) is 6.07 Å². The van der Waals surface area contributed by atoms with Crippen molar-refractivity contribution in [3.8, 4) is 0 Å². The number of carboxylic acids is 1. The molecular formula is C18H15BrClNO3. The summed E-state index contributed by atoms with van der Waals surface area (Å²) in [4.78, 5) is 23.9. The topological polar surface area (TPSA) is 66.4 Å². The number of carbonyl (C=O) groups is 2. The van der Waals surface area contributed by atoms with E-state index in [9.17, 15) is 14.7 Å². The Bertz CT molecular complexity index is 835. The van der Waals surface area contributed by atoms with Crippen LogP contribution >= 0.6 is 27.5 Å². The standard InChI is InChI=1S/C18H15BrClNO3/c19-14-8-13(18(23)24)16(9-15(14)20)21-17(22)12-6-5-10-3-1-2-4-11(10)7-12/h5-9H,1-4H2,(H,21,22)(H,23,24). The van der Waals surface area contributed by atoms with Crippen LogP contribution in [0.25, 0.3) is 0 Å². The van der Waals surface area contributed by atoms with Crippen molar-refractivity contribution in [3.63, 3.8) is 0 Å². The van der Waals surface area contributed by atoms with Crippen molar-refractivity contribution in [3.05, 3.63) is 62.1 Å². The molecule has 1 amide bonds. The maximum absolute atomic E-state index is 12.5. The highest BCUT2D eigenvalue weighted by atomic mass is 79.9. The van der Waals surface area contributed by atoms with Crippen LogP contribution in [-0.4, -0.2) is 17.0 Å². The molecule has 0 heterocycles. The first kappa shape index (κ1) is 17.0. The zero-order chi connectivity index (χ0) is 17.3. The minimum atomic E-state index is -1.13. The maximum Gasteiger partial charge on any atom is 0.337 e. The van der Waals surface area contributed by atoms with Crippen molar-refractivity contribution in [1.82, 2.24) is 0 Å². The second-order valence-electron chi connectivity index (χ2n) is 5.76. The number of rotatable bonds is 3. The molecule has 4 nitrogen and oxygen atoms in total. The smallest absolute Gasteiger partial charge is 0.337 e. The third-order valence-corrected chi connectivity index (χ3v) is 5.35. The van der Waals surface area contributed by atoms with E-state index in [2.05, 4.69) is 21.2 Å². The molecule has 0 radical (unpaired) electrons. The Morgan fingerprint density at radius 3 is 2.50 bits per heavy atom. The molecule has 2 aromatic carbocycles. The van der Waals surface area contributed by atoms with E-state index >= 15 is 0 Å². The summed E-state index contributed by atoms with van der Waals surface area (Å²) < 4.78 is 0.466. The number of carboxylic acid groups (broad SMARTS) is 1. The quantitative estimate of drug-likeness (QED) is 0.756. The number of fused-ring (bicyclic) bond motifs is 1. The fourth-order valence-corrected chi connectivity index (χ4v) is 3.40. The molecule has 1 aliphatic carbocycles. The van der Waals surface area contributed by atoms with Crippen molar-refractivity contribution >= 4 is 45.1 Å². The average molecular weight is 409 g/mol. The van der Waals surface area contributed by atoms with Crippen LogP contribution in [-0.2, 0) is 12.8 Å². The van der Waals surface area contributed by atoms with E-state index in [0.717, 1.165) is 19.3 Å². The number of amides is 1. The monoisotopic (exact) mass is 407 g/mol. The molecule has 124 valence electrons. The van der Waals surface area contributed by atoms with Crippen LogP contribution in [0.4, 0.5) is 5.69 Å². The molecule has 0 atom stereocenters. The Kier molecular flexibility index (Phi) is 4.92. The molecule has 2 N–H and O–H groups in total. The van der Waals surface area contributed by atoms with Crippen molar-refractivity contribution < 1.29 is 14.7 Å². The lowest BCUT2D eigenvalue weighted by molar-refractivity contribution is 0.0698. The summed E-state index contributed by atoms with van der Waals surface area (Å²) in [5.41, 5.74) is 3.17. The largest absolute Gasteiger partial charge is 0.478 e. The lowest BCUT2D eigenvalue weighted by Crippen LogP contribution is -2.16. The molecule has 1 aliphatic rings. The number of nitrogens with one attached hydrogen (secondary N) is 1. The molecule has 2 aromatic rings. The van der Waals surface area contributed by atoms with Crippen LogP contribution in [0, 0.1) is 0 Å². The zero-order valence-electron chi connectivity index (χ0n) is 12.7. The first-order valence-corrected chi connectivity index (χ1v) is 8.78. The van der Waals surface area contributed by atoms with Crippen molar-refractivity contribution in [2.24, 2.45) is 0 Å². The van der Waals surface area contributed by atoms with Gasteiger partial charge in [-0.2, -0.15) is 0 Å². The molecule has 24 heavy (non-hydrogen) atoms. The molecular weight excluding hydrogens is 394 g/mol. The highest BCUT2D eigenvalue weighted by Crippen LogP contribution is 2.30. The number of carbonyl (C=O) groups excluding carboxylic acids is 1. The van der Waals surface area contributed by atoms with Gasteiger partial charge in [0.05, 0.1) is 16.3 Å². The zero-order valence-corrected chi connectivity index (χ0v) is 15.1. The molecule has 0 fully saturated rings. The molecule has 0 unspecified atom stereocenters. The van der Waals surface area contributed by atoms with Gasteiger partial charge < -0.3 is 10.4 Å². The number of hydrogen-bond donors (Lipinski definition) is 2. The molecule has 3 rings (SSSR count). The van der Waals surface area contributed by atoms with E-state index in [1.165, 1.54) is 29.7 Å². The van der Waals surface area contributed by atoms with Gasteiger partial charge in [-0.3, -0.25) is 4.79 Å². The van der Waals surface area contributed by atoms with Gasteiger partial charge in [-0.25, -0.2) is 4.79 Å². The first-order valence-electron chi connectivity index (χ1n) is 7.61. The normalized spacial score (nSPS) is 13.2. The number of benzene rings is 2. The molecule has 0 aromatic heterocycles.